The number of benzene rings is 1. The van der Waals surface area contributed by atoms with Crippen LogP contribution in [0.2, 0.25) is 0 Å². The highest BCUT2D eigenvalue weighted by Crippen LogP contribution is 2.45. The molecule has 0 saturated heterocycles. The van der Waals surface area contributed by atoms with E-state index in [1.54, 1.807) is 0 Å². The summed E-state index contributed by atoms with van der Waals surface area (Å²) >= 11 is 0. The minimum atomic E-state index is -0.350. The Morgan fingerprint density at radius 1 is 1.50 bits per heavy atom. The van der Waals surface area contributed by atoms with E-state index in [0.29, 0.717) is 12.4 Å². The van der Waals surface area contributed by atoms with Gasteiger partial charge >= 0.3 is 0 Å². The molecule has 0 atom stereocenters. The largest absolute Gasteiger partial charge is 0.329 e. The minimum absolute atomic E-state index is 0.00307. The highest BCUT2D eigenvalue weighted by molar-refractivity contribution is 5.97. The molecule has 4 N–H and O–H groups in total. The van der Waals surface area contributed by atoms with Crippen molar-refractivity contribution in [3.63, 3.8) is 0 Å². The van der Waals surface area contributed by atoms with Gasteiger partial charge in [0.25, 0.3) is 0 Å². The molecule has 1 saturated carbocycles. The van der Waals surface area contributed by atoms with Crippen molar-refractivity contribution in [2.45, 2.75) is 19.8 Å². The highest BCUT2D eigenvalue weighted by Gasteiger charge is 2.48. The summed E-state index contributed by atoms with van der Waals surface area (Å²) in [6, 6.07) is 7.51. The molecule has 0 unspecified atom stereocenters. The number of nitrogens with one attached hydrogen (secondary N) is 2. The van der Waals surface area contributed by atoms with Gasteiger partial charge in [0.05, 0.1) is 5.41 Å². The van der Waals surface area contributed by atoms with E-state index in [0.717, 1.165) is 29.9 Å². The molecule has 1 amide bonds. The Morgan fingerprint density at radius 2 is 2.30 bits per heavy atom. The van der Waals surface area contributed by atoms with E-state index in [2.05, 4.69) is 20.5 Å². The summed E-state index contributed by atoms with van der Waals surface area (Å²) in [7, 11) is 0. The number of nitrogens with zero attached hydrogens (tertiary/aromatic N) is 2. The van der Waals surface area contributed by atoms with Gasteiger partial charge < -0.3 is 11.1 Å². The minimum Gasteiger partial charge on any atom is -0.329 e. The first-order chi connectivity index (χ1) is 9.63. The second-order valence-corrected chi connectivity index (χ2v) is 5.26. The Kier molecular flexibility index (Phi) is 3.02. The van der Waals surface area contributed by atoms with Crippen molar-refractivity contribution in [2.75, 3.05) is 11.9 Å². The number of anilines is 1. The van der Waals surface area contributed by atoms with Crippen molar-refractivity contribution in [2.24, 2.45) is 11.1 Å². The number of carbonyl (C=O) groups excluding carboxylic acids is 1. The Labute approximate surface area is 116 Å². The van der Waals surface area contributed by atoms with Gasteiger partial charge in [-0.25, -0.2) is 4.98 Å². The number of carbonyl (C=O) groups is 1. The average Bonchev–Trinajstić information content (AvgIpc) is 3.15. The van der Waals surface area contributed by atoms with Crippen molar-refractivity contribution < 1.29 is 4.79 Å². The number of H-pyrrole nitrogens is 1. The van der Waals surface area contributed by atoms with Gasteiger partial charge in [-0.1, -0.05) is 12.1 Å². The topological polar surface area (TPSA) is 96.7 Å². The molecule has 3 rings (SSSR count). The standard InChI is InChI=1S/C14H17N5O/c1-9-16-12(19-18-9)10-3-2-4-11(7-10)17-13(20)14(8-15)5-6-14/h2-4,7H,5-6,8,15H2,1H3,(H,17,20)(H,16,18,19). The van der Waals surface area contributed by atoms with Gasteiger partial charge in [-0.05, 0) is 31.9 Å². The number of aromatic nitrogens is 3. The average molecular weight is 271 g/mol. The van der Waals surface area contributed by atoms with Gasteiger partial charge in [0, 0.05) is 17.8 Å². The van der Waals surface area contributed by atoms with Crippen molar-refractivity contribution in [1.82, 2.24) is 15.2 Å². The lowest BCUT2D eigenvalue weighted by Crippen LogP contribution is -2.30. The van der Waals surface area contributed by atoms with E-state index >= 15 is 0 Å². The van der Waals surface area contributed by atoms with Gasteiger partial charge in [0.15, 0.2) is 5.82 Å². The maximum atomic E-state index is 12.2. The quantitative estimate of drug-likeness (QED) is 0.784. The third-order valence-corrected chi connectivity index (χ3v) is 3.70. The van der Waals surface area contributed by atoms with Crippen LogP contribution in [0.4, 0.5) is 5.69 Å². The zero-order valence-corrected chi connectivity index (χ0v) is 11.3. The summed E-state index contributed by atoms with van der Waals surface area (Å²) in [5, 5.41) is 9.85. The van der Waals surface area contributed by atoms with Gasteiger partial charge in [-0.2, -0.15) is 5.10 Å². The van der Waals surface area contributed by atoms with Gasteiger partial charge in [0.2, 0.25) is 5.91 Å². The van der Waals surface area contributed by atoms with Crippen LogP contribution in [-0.2, 0) is 4.79 Å². The number of aromatic amines is 1. The van der Waals surface area contributed by atoms with Crippen LogP contribution < -0.4 is 11.1 Å². The lowest BCUT2D eigenvalue weighted by molar-refractivity contribution is -0.120. The van der Waals surface area contributed by atoms with Crippen molar-refractivity contribution >= 4 is 11.6 Å². The van der Waals surface area contributed by atoms with E-state index in [9.17, 15) is 4.79 Å². The summed E-state index contributed by atoms with van der Waals surface area (Å²) in [5.74, 6) is 1.39. The maximum Gasteiger partial charge on any atom is 0.231 e. The second-order valence-electron chi connectivity index (χ2n) is 5.26. The molecule has 1 fully saturated rings. The van der Waals surface area contributed by atoms with Gasteiger partial charge in [-0.3, -0.25) is 9.89 Å². The Morgan fingerprint density at radius 3 is 2.90 bits per heavy atom. The Balaban J connectivity index is 1.80. The number of rotatable bonds is 4. The molecular formula is C14H17N5O. The molecule has 2 aromatic rings. The number of hydrogen-bond donors (Lipinski definition) is 3. The fourth-order valence-corrected chi connectivity index (χ4v) is 2.15. The van der Waals surface area contributed by atoms with Crippen LogP contribution in [-0.4, -0.2) is 27.6 Å². The Bertz CT molecular complexity index is 645. The fourth-order valence-electron chi connectivity index (χ4n) is 2.15. The molecule has 1 heterocycles. The Hall–Kier alpha value is -2.21. The molecule has 0 spiro atoms. The van der Waals surface area contributed by atoms with Crippen molar-refractivity contribution in [3.05, 3.63) is 30.1 Å². The molecule has 1 aliphatic carbocycles. The summed E-state index contributed by atoms with van der Waals surface area (Å²) in [6.45, 7) is 2.25. The third-order valence-electron chi connectivity index (χ3n) is 3.70. The van der Waals surface area contributed by atoms with Crippen LogP contribution in [0, 0.1) is 12.3 Å². The number of hydrogen-bond acceptors (Lipinski definition) is 4. The van der Waals surface area contributed by atoms with E-state index in [1.165, 1.54) is 0 Å². The maximum absolute atomic E-state index is 12.2. The van der Waals surface area contributed by atoms with E-state index in [4.69, 9.17) is 5.73 Å². The summed E-state index contributed by atoms with van der Waals surface area (Å²) in [6.07, 6.45) is 1.74. The van der Waals surface area contributed by atoms with Crippen LogP contribution in [0.15, 0.2) is 24.3 Å². The zero-order valence-electron chi connectivity index (χ0n) is 11.3. The monoisotopic (exact) mass is 271 g/mol. The highest BCUT2D eigenvalue weighted by atomic mass is 16.2. The lowest BCUT2D eigenvalue weighted by Gasteiger charge is -2.13. The lowest BCUT2D eigenvalue weighted by atomic mass is 10.1. The zero-order chi connectivity index (χ0) is 14.2. The van der Waals surface area contributed by atoms with Crippen LogP contribution in [0.1, 0.15) is 18.7 Å². The first-order valence-corrected chi connectivity index (χ1v) is 6.64. The molecule has 6 heteroatoms. The molecule has 0 aliphatic heterocycles. The SMILES string of the molecule is Cc1nc(-c2cccc(NC(=O)C3(CN)CC3)c2)n[nH]1. The molecule has 104 valence electrons. The molecule has 1 aromatic heterocycles. The van der Waals surface area contributed by atoms with Crippen LogP contribution in [0.25, 0.3) is 11.4 Å². The van der Waals surface area contributed by atoms with Crippen LogP contribution in [0.3, 0.4) is 0 Å². The normalized spacial score (nSPS) is 15.9. The first kappa shape index (κ1) is 12.8. The molecule has 1 aromatic carbocycles. The molecule has 20 heavy (non-hydrogen) atoms. The van der Waals surface area contributed by atoms with E-state index < -0.39 is 0 Å². The summed E-state index contributed by atoms with van der Waals surface area (Å²) < 4.78 is 0. The molecular weight excluding hydrogens is 254 g/mol. The first-order valence-electron chi connectivity index (χ1n) is 6.64. The number of amides is 1. The number of nitrogens with two attached hydrogens (primary N) is 1. The third kappa shape index (κ3) is 2.30. The van der Waals surface area contributed by atoms with E-state index in [-0.39, 0.29) is 11.3 Å². The summed E-state index contributed by atoms with van der Waals surface area (Å²) in [5.41, 5.74) is 6.92. The molecule has 0 bridgehead atoms. The van der Waals surface area contributed by atoms with Crippen LogP contribution >= 0.6 is 0 Å². The second kappa shape index (κ2) is 4.72. The van der Waals surface area contributed by atoms with Gasteiger partial charge in [0.1, 0.15) is 5.82 Å². The van der Waals surface area contributed by atoms with Crippen molar-refractivity contribution in [3.8, 4) is 11.4 Å². The van der Waals surface area contributed by atoms with Gasteiger partial charge in [-0.15, -0.1) is 0 Å². The predicted molar refractivity (Wildman–Crippen MR) is 75.9 cm³/mol. The fraction of sp³-hybridized carbons (Fsp3) is 0.357. The molecule has 6 nitrogen and oxygen atoms in total. The smallest absolute Gasteiger partial charge is 0.231 e. The number of aryl methyl sites for hydroxylation is 1. The summed E-state index contributed by atoms with van der Waals surface area (Å²) in [4.78, 5) is 16.4. The molecule has 1 aliphatic rings. The van der Waals surface area contributed by atoms with E-state index in [1.807, 2.05) is 31.2 Å². The molecule has 0 radical (unpaired) electrons. The van der Waals surface area contributed by atoms with Crippen LogP contribution in [0.5, 0.6) is 0 Å². The van der Waals surface area contributed by atoms with Crippen molar-refractivity contribution in [1.29, 1.82) is 0 Å². The predicted octanol–water partition coefficient (Wildman–Crippen LogP) is 1.46.